The highest BCUT2D eigenvalue weighted by molar-refractivity contribution is 5.26. The minimum atomic E-state index is -1.72. The molecule has 13 heteroatoms. The number of rotatable bonds is 6. The molecule has 7 fully saturated rings. The molecule has 296 valence electrons. The highest BCUT2D eigenvalue weighted by atomic mass is 16.8. The zero-order chi connectivity index (χ0) is 36.9. The summed E-state index contributed by atoms with van der Waals surface area (Å²) in [5.41, 5.74) is 1.63. The Hall–Kier alpha value is -0.780. The molecule has 7 N–H and O–H groups in total. The molecule has 4 heterocycles. The number of fused-ring (bicyclic) bond motifs is 7. The first-order valence-electron chi connectivity index (χ1n) is 20.0. The Morgan fingerprint density at radius 3 is 2.19 bits per heavy atom. The molecule has 13 nitrogen and oxygen atoms in total. The number of hydrogen-bond acceptors (Lipinski definition) is 13. The summed E-state index contributed by atoms with van der Waals surface area (Å²) in [7, 11) is 0. The van der Waals surface area contributed by atoms with Crippen LogP contribution in [0.2, 0.25) is 0 Å². The smallest absolute Gasteiger partial charge is 0.187 e. The van der Waals surface area contributed by atoms with Crippen LogP contribution in [0.15, 0.2) is 11.6 Å². The number of hydrogen-bond donors (Lipinski definition) is 7. The Morgan fingerprint density at radius 1 is 0.788 bits per heavy atom. The third-order valence-electron chi connectivity index (χ3n) is 15.6. The lowest BCUT2D eigenvalue weighted by Gasteiger charge is -2.58. The Morgan fingerprint density at radius 2 is 1.50 bits per heavy atom. The maximum absolute atomic E-state index is 11.1. The summed E-state index contributed by atoms with van der Waals surface area (Å²) in [6.45, 7) is 9.20. The van der Waals surface area contributed by atoms with Crippen LogP contribution in [-0.2, 0) is 28.4 Å². The molecule has 21 atom stereocenters. The van der Waals surface area contributed by atoms with E-state index in [-0.39, 0.29) is 23.0 Å². The average Bonchev–Trinajstić information content (AvgIpc) is 3.58. The first-order chi connectivity index (χ1) is 24.7. The molecule has 0 aromatic heterocycles. The van der Waals surface area contributed by atoms with Crippen molar-refractivity contribution < 1.29 is 64.2 Å². The molecule has 0 amide bonds. The normalized spacial score (nSPS) is 57.5. The van der Waals surface area contributed by atoms with Crippen molar-refractivity contribution in [2.75, 3.05) is 19.8 Å². The van der Waals surface area contributed by atoms with E-state index in [2.05, 4.69) is 33.8 Å². The van der Waals surface area contributed by atoms with E-state index in [1.54, 1.807) is 0 Å². The molecule has 0 aromatic carbocycles. The van der Waals surface area contributed by atoms with Gasteiger partial charge in [0.1, 0.15) is 48.8 Å². The van der Waals surface area contributed by atoms with E-state index >= 15 is 0 Å². The van der Waals surface area contributed by atoms with Crippen LogP contribution in [0, 0.1) is 46.3 Å². The van der Waals surface area contributed by atoms with Gasteiger partial charge >= 0.3 is 0 Å². The standard InChI is InChI=1S/C39H62O13/c1-18-7-12-39(47-17-18)19(2)28-25(52-39)14-24-22-6-5-20-13-21(8-10-37(20,3)23(22)9-11-38(24,28)4)48-36-34(32(45)30(43)27(16-41)50-36)51-35-33(46)31(44)29(42)26(15-40)49-35/h5,18-19,21-36,40-46H,6-17H2,1-4H3/t18?,19-,21?,22+,23-,24-,25-,26+,27+,28-,29+,30+,31-,32-,33+,34+,35-,36+,37-,38-,39+/m0/s1. The second kappa shape index (κ2) is 14.0. The van der Waals surface area contributed by atoms with Crippen LogP contribution in [0.3, 0.4) is 0 Å². The predicted molar refractivity (Wildman–Crippen MR) is 183 cm³/mol. The van der Waals surface area contributed by atoms with Crippen LogP contribution >= 0.6 is 0 Å². The van der Waals surface area contributed by atoms with Crippen LogP contribution in [0.25, 0.3) is 0 Å². The van der Waals surface area contributed by atoms with Gasteiger partial charge in [0.05, 0.1) is 32.0 Å². The Labute approximate surface area is 306 Å². The molecule has 1 spiro atoms. The summed E-state index contributed by atoms with van der Waals surface area (Å²) >= 11 is 0. The van der Waals surface area contributed by atoms with Crippen molar-refractivity contribution in [1.82, 2.24) is 0 Å². The van der Waals surface area contributed by atoms with Crippen LogP contribution in [-0.4, -0.2) is 135 Å². The van der Waals surface area contributed by atoms with Crippen molar-refractivity contribution in [2.45, 2.75) is 165 Å². The Bertz CT molecular complexity index is 1320. The Kier molecular flexibility index (Phi) is 10.3. The first kappa shape index (κ1) is 38.1. The van der Waals surface area contributed by atoms with Crippen molar-refractivity contribution in [1.29, 1.82) is 0 Å². The van der Waals surface area contributed by atoms with Gasteiger partial charge in [-0.2, -0.15) is 0 Å². The predicted octanol–water partition coefficient (Wildman–Crippen LogP) is 1.36. The lowest BCUT2D eigenvalue weighted by Crippen LogP contribution is -2.65. The fourth-order valence-corrected chi connectivity index (χ4v) is 12.6. The van der Waals surface area contributed by atoms with Gasteiger partial charge in [-0.1, -0.05) is 39.3 Å². The number of aliphatic hydroxyl groups excluding tert-OH is 7. The summed E-state index contributed by atoms with van der Waals surface area (Å²) in [6, 6.07) is 0. The van der Waals surface area contributed by atoms with Gasteiger partial charge in [0.25, 0.3) is 0 Å². The zero-order valence-electron chi connectivity index (χ0n) is 31.0. The molecule has 8 rings (SSSR count). The number of ether oxygens (including phenoxy) is 6. The molecule has 4 aliphatic carbocycles. The summed E-state index contributed by atoms with van der Waals surface area (Å²) < 4.78 is 37.4. The van der Waals surface area contributed by atoms with Gasteiger partial charge in [-0.05, 0) is 91.8 Å². The van der Waals surface area contributed by atoms with Crippen molar-refractivity contribution in [3.8, 4) is 0 Å². The highest BCUT2D eigenvalue weighted by Gasteiger charge is 2.68. The molecule has 0 aromatic rings. The van der Waals surface area contributed by atoms with E-state index in [0.717, 1.165) is 45.1 Å². The van der Waals surface area contributed by atoms with Crippen LogP contribution in [0.5, 0.6) is 0 Å². The SMILES string of the molecule is CC1CC[C@@]2(OC1)O[C@H]1C[C@H]3[C@@H]4CC=C5CC(O[C@@H]6O[C@H](CO)[C@@H](O)[C@H](O)[C@H]6O[C@@H]6O[C@H](CO)[C@@H](O)[C@H](O)[C@H]6O)CC[C@]5(C)[C@H]4CC[C@]3(C)[C@H]1[C@@H]2C. The Balaban J connectivity index is 0.964. The minimum absolute atomic E-state index is 0.0289. The quantitative estimate of drug-likeness (QED) is 0.193. The first-order valence-corrected chi connectivity index (χ1v) is 20.0. The topological polar surface area (TPSA) is 197 Å². The van der Waals surface area contributed by atoms with Crippen molar-refractivity contribution in [3.63, 3.8) is 0 Å². The fourth-order valence-electron chi connectivity index (χ4n) is 12.6. The molecule has 2 unspecified atom stereocenters. The van der Waals surface area contributed by atoms with Gasteiger partial charge < -0.3 is 64.2 Å². The van der Waals surface area contributed by atoms with E-state index in [1.165, 1.54) is 18.4 Å². The van der Waals surface area contributed by atoms with E-state index in [4.69, 9.17) is 28.4 Å². The molecular weight excluding hydrogens is 676 g/mol. The van der Waals surface area contributed by atoms with E-state index in [9.17, 15) is 35.7 Å². The maximum atomic E-state index is 11.1. The second-order valence-corrected chi connectivity index (χ2v) is 18.3. The van der Waals surface area contributed by atoms with Gasteiger partial charge in [0.15, 0.2) is 18.4 Å². The molecule has 52 heavy (non-hydrogen) atoms. The highest BCUT2D eigenvalue weighted by Crippen LogP contribution is 2.70. The summed E-state index contributed by atoms with van der Waals surface area (Å²) in [5, 5.41) is 72.6. The van der Waals surface area contributed by atoms with Crippen LogP contribution < -0.4 is 0 Å². The average molecular weight is 739 g/mol. The van der Waals surface area contributed by atoms with Crippen molar-refractivity contribution in [2.24, 2.45) is 46.3 Å². The van der Waals surface area contributed by atoms with Crippen molar-refractivity contribution in [3.05, 3.63) is 11.6 Å². The lowest BCUT2D eigenvalue weighted by molar-refractivity contribution is -0.372. The molecule has 3 saturated carbocycles. The van der Waals surface area contributed by atoms with Crippen molar-refractivity contribution >= 4 is 0 Å². The largest absolute Gasteiger partial charge is 0.394 e. The monoisotopic (exact) mass is 738 g/mol. The fraction of sp³-hybridized carbons (Fsp3) is 0.949. The third kappa shape index (κ3) is 5.90. The minimum Gasteiger partial charge on any atom is -0.394 e. The van der Waals surface area contributed by atoms with E-state index < -0.39 is 80.4 Å². The zero-order valence-corrected chi connectivity index (χ0v) is 31.0. The van der Waals surface area contributed by atoms with Crippen LogP contribution in [0.4, 0.5) is 0 Å². The molecule has 0 bridgehead atoms. The van der Waals surface area contributed by atoms with Gasteiger partial charge in [-0.15, -0.1) is 0 Å². The molecular formula is C39H62O13. The summed E-state index contributed by atoms with van der Waals surface area (Å²) in [4.78, 5) is 0. The second-order valence-electron chi connectivity index (χ2n) is 18.3. The van der Waals surface area contributed by atoms with Gasteiger partial charge in [-0.25, -0.2) is 0 Å². The molecule has 4 saturated heterocycles. The number of aliphatic hydroxyl groups is 7. The van der Waals surface area contributed by atoms with Gasteiger partial charge in [0.2, 0.25) is 0 Å². The maximum Gasteiger partial charge on any atom is 0.187 e. The van der Waals surface area contributed by atoms with Crippen LogP contribution in [0.1, 0.15) is 85.5 Å². The molecule has 0 radical (unpaired) electrons. The number of allylic oxidation sites excluding steroid dienone is 1. The summed E-state index contributed by atoms with van der Waals surface area (Å²) in [5.74, 6) is 2.83. The lowest BCUT2D eigenvalue weighted by atomic mass is 9.47. The van der Waals surface area contributed by atoms with Gasteiger partial charge in [-0.3, -0.25) is 0 Å². The molecule has 8 aliphatic rings. The van der Waals surface area contributed by atoms with E-state index in [0.29, 0.717) is 41.9 Å². The third-order valence-corrected chi connectivity index (χ3v) is 15.6. The van der Waals surface area contributed by atoms with E-state index in [1.807, 2.05) is 0 Å². The van der Waals surface area contributed by atoms with Gasteiger partial charge in [0, 0.05) is 12.3 Å². The molecule has 4 aliphatic heterocycles. The summed E-state index contributed by atoms with van der Waals surface area (Å²) in [6.07, 6.45) is -3.28.